The molecule has 2 saturated heterocycles. The summed E-state index contributed by atoms with van der Waals surface area (Å²) in [7, 11) is 1.63. The lowest BCUT2D eigenvalue weighted by atomic mass is 9.91. The summed E-state index contributed by atoms with van der Waals surface area (Å²) in [5.41, 5.74) is 0.338. The summed E-state index contributed by atoms with van der Waals surface area (Å²) in [6.45, 7) is 3.78. The third-order valence-corrected chi connectivity index (χ3v) is 6.59. The summed E-state index contributed by atoms with van der Waals surface area (Å²) in [5, 5.41) is 2.74. The van der Waals surface area contributed by atoms with Crippen LogP contribution in [0.25, 0.3) is 0 Å². The number of anilines is 1. The molecule has 1 N–H and O–H groups in total. The van der Waals surface area contributed by atoms with Crippen molar-refractivity contribution >= 4 is 23.5 Å². The number of hydrogen-bond donors (Lipinski definition) is 1. The Labute approximate surface area is 197 Å². The van der Waals surface area contributed by atoms with E-state index in [1.165, 1.54) is 0 Å². The van der Waals surface area contributed by atoms with Gasteiger partial charge in [0.2, 0.25) is 12.7 Å². The topological polar surface area (TPSA) is 101 Å². The maximum atomic E-state index is 13.2. The van der Waals surface area contributed by atoms with Crippen LogP contribution in [0, 0.1) is 0 Å². The lowest BCUT2D eigenvalue weighted by Crippen LogP contribution is -2.52. The Balaban J connectivity index is 1.22. The van der Waals surface area contributed by atoms with Gasteiger partial charge in [-0.25, -0.2) is 4.79 Å². The number of nitrogens with zero attached hydrogens (tertiary/aromatic N) is 3. The Morgan fingerprint density at radius 1 is 1.03 bits per heavy atom. The number of rotatable bonds is 5. The van der Waals surface area contributed by atoms with Crippen LogP contribution in [0.15, 0.2) is 42.5 Å². The molecule has 0 aliphatic carbocycles. The number of ether oxygens (including phenoxy) is 3. The molecule has 2 aromatic rings. The third kappa shape index (κ3) is 3.74. The van der Waals surface area contributed by atoms with Gasteiger partial charge < -0.3 is 29.3 Å². The van der Waals surface area contributed by atoms with Gasteiger partial charge in [0.15, 0.2) is 11.5 Å². The van der Waals surface area contributed by atoms with Gasteiger partial charge in [0.25, 0.3) is 5.91 Å². The van der Waals surface area contributed by atoms with Gasteiger partial charge >= 0.3 is 6.03 Å². The van der Waals surface area contributed by atoms with Gasteiger partial charge in [0.05, 0.1) is 7.11 Å². The monoisotopic (exact) mass is 466 g/mol. The highest BCUT2D eigenvalue weighted by atomic mass is 16.7. The van der Waals surface area contributed by atoms with Crippen LogP contribution in [0.1, 0.15) is 12.5 Å². The fourth-order valence-electron chi connectivity index (χ4n) is 4.49. The minimum absolute atomic E-state index is 0.113. The highest BCUT2D eigenvalue weighted by Crippen LogP contribution is 2.37. The average Bonchev–Trinajstić information content (AvgIpc) is 3.42. The van der Waals surface area contributed by atoms with Crippen molar-refractivity contribution in [2.24, 2.45) is 0 Å². The molecule has 2 aromatic carbocycles. The number of methoxy groups -OCH3 is 1. The molecule has 0 bridgehead atoms. The Bertz CT molecular complexity index is 1130. The molecular weight excluding hydrogens is 440 g/mol. The maximum Gasteiger partial charge on any atom is 0.325 e. The number of carbonyl (C=O) groups excluding carboxylic acids is 3. The summed E-state index contributed by atoms with van der Waals surface area (Å²) < 4.78 is 15.9. The first kappa shape index (κ1) is 21.9. The molecule has 1 atom stereocenters. The standard InChI is InChI=1S/C24H26N4O6/c1-24(16-3-8-19-20(13-16)34-15-33-19)22(30)28(23(31)25-24)14-21(29)27-11-9-26(10-12-27)17-4-6-18(32-2)7-5-17/h3-8,13H,9-12,14-15H2,1-2H3,(H,25,31)/t24-/m1/s1. The smallest absolute Gasteiger partial charge is 0.325 e. The van der Waals surface area contributed by atoms with E-state index >= 15 is 0 Å². The molecule has 10 nitrogen and oxygen atoms in total. The van der Waals surface area contributed by atoms with Crippen molar-refractivity contribution in [3.05, 3.63) is 48.0 Å². The molecule has 34 heavy (non-hydrogen) atoms. The molecule has 2 fully saturated rings. The Hall–Kier alpha value is -3.95. The van der Waals surface area contributed by atoms with Crippen LogP contribution >= 0.6 is 0 Å². The van der Waals surface area contributed by atoms with Crippen molar-refractivity contribution in [2.45, 2.75) is 12.5 Å². The van der Waals surface area contributed by atoms with E-state index in [-0.39, 0.29) is 19.2 Å². The van der Waals surface area contributed by atoms with Crippen LogP contribution in [-0.4, -0.2) is 74.3 Å². The molecule has 3 heterocycles. The molecule has 0 aromatic heterocycles. The van der Waals surface area contributed by atoms with E-state index in [0.29, 0.717) is 43.2 Å². The summed E-state index contributed by atoms with van der Waals surface area (Å²) in [6.07, 6.45) is 0. The highest BCUT2D eigenvalue weighted by Gasteiger charge is 2.50. The van der Waals surface area contributed by atoms with Crippen molar-refractivity contribution in [2.75, 3.05) is 51.5 Å². The molecule has 4 amide bonds. The van der Waals surface area contributed by atoms with Gasteiger partial charge in [-0.2, -0.15) is 0 Å². The second kappa shape index (κ2) is 8.44. The fraction of sp³-hybridized carbons (Fsp3) is 0.375. The fourth-order valence-corrected chi connectivity index (χ4v) is 4.49. The van der Waals surface area contributed by atoms with Crippen molar-refractivity contribution in [1.82, 2.24) is 15.1 Å². The van der Waals surface area contributed by atoms with Crippen molar-refractivity contribution in [1.29, 1.82) is 0 Å². The second-order valence-corrected chi connectivity index (χ2v) is 8.58. The lowest BCUT2D eigenvalue weighted by molar-refractivity contribution is -0.139. The SMILES string of the molecule is COc1ccc(N2CCN(C(=O)CN3C(=O)N[C@](C)(c4ccc5c(c4)OCO5)C3=O)CC2)cc1. The number of amides is 4. The first-order chi connectivity index (χ1) is 16.4. The van der Waals surface area contributed by atoms with Crippen molar-refractivity contribution < 1.29 is 28.6 Å². The summed E-state index contributed by atoms with van der Waals surface area (Å²) in [4.78, 5) is 43.7. The lowest BCUT2D eigenvalue weighted by Gasteiger charge is -2.36. The van der Waals surface area contributed by atoms with Crippen LogP contribution in [0.3, 0.4) is 0 Å². The number of urea groups is 1. The number of benzene rings is 2. The van der Waals surface area contributed by atoms with Crippen molar-refractivity contribution in [3.8, 4) is 17.2 Å². The molecule has 3 aliphatic rings. The zero-order chi connectivity index (χ0) is 23.9. The van der Waals surface area contributed by atoms with Gasteiger partial charge in [0.1, 0.15) is 17.8 Å². The normalized spacial score (nSPS) is 21.6. The molecular formula is C24H26N4O6. The van der Waals surface area contributed by atoms with Gasteiger partial charge in [-0.15, -0.1) is 0 Å². The first-order valence-electron chi connectivity index (χ1n) is 11.1. The van der Waals surface area contributed by atoms with E-state index in [9.17, 15) is 14.4 Å². The number of hydrogen-bond acceptors (Lipinski definition) is 7. The first-order valence-corrected chi connectivity index (χ1v) is 11.1. The summed E-state index contributed by atoms with van der Waals surface area (Å²) in [6, 6.07) is 12.3. The third-order valence-electron chi connectivity index (χ3n) is 6.59. The number of piperazine rings is 1. The van der Waals surface area contributed by atoms with E-state index in [2.05, 4.69) is 10.2 Å². The van der Waals surface area contributed by atoms with Crippen LogP contribution in [0.4, 0.5) is 10.5 Å². The van der Waals surface area contributed by atoms with E-state index in [0.717, 1.165) is 16.3 Å². The summed E-state index contributed by atoms with van der Waals surface area (Å²) in [5.74, 6) is 1.17. The zero-order valence-corrected chi connectivity index (χ0v) is 19.1. The van der Waals surface area contributed by atoms with E-state index in [1.54, 1.807) is 37.1 Å². The number of fused-ring (bicyclic) bond motifs is 1. The quantitative estimate of drug-likeness (QED) is 0.667. The molecule has 0 unspecified atom stereocenters. The van der Waals surface area contributed by atoms with Crippen LogP contribution in [-0.2, 0) is 15.1 Å². The van der Waals surface area contributed by atoms with Crippen LogP contribution in [0.2, 0.25) is 0 Å². The van der Waals surface area contributed by atoms with Gasteiger partial charge in [-0.1, -0.05) is 6.07 Å². The molecule has 10 heteroatoms. The van der Waals surface area contributed by atoms with Crippen LogP contribution in [0.5, 0.6) is 17.2 Å². The van der Waals surface area contributed by atoms with E-state index in [4.69, 9.17) is 14.2 Å². The minimum atomic E-state index is -1.29. The van der Waals surface area contributed by atoms with Crippen molar-refractivity contribution in [3.63, 3.8) is 0 Å². The highest BCUT2D eigenvalue weighted by molar-refractivity contribution is 6.09. The predicted molar refractivity (Wildman–Crippen MR) is 122 cm³/mol. The Morgan fingerprint density at radius 2 is 1.74 bits per heavy atom. The molecule has 5 rings (SSSR count). The number of imide groups is 1. The second-order valence-electron chi connectivity index (χ2n) is 8.58. The molecule has 0 spiro atoms. The van der Waals surface area contributed by atoms with Gasteiger partial charge in [-0.05, 0) is 48.9 Å². The minimum Gasteiger partial charge on any atom is -0.497 e. The van der Waals surface area contributed by atoms with Crippen LogP contribution < -0.4 is 24.4 Å². The predicted octanol–water partition coefficient (Wildman–Crippen LogP) is 1.54. The van der Waals surface area contributed by atoms with E-state index in [1.807, 2.05) is 24.3 Å². The number of nitrogens with one attached hydrogen (secondary N) is 1. The largest absolute Gasteiger partial charge is 0.497 e. The average molecular weight is 466 g/mol. The zero-order valence-electron chi connectivity index (χ0n) is 19.1. The Morgan fingerprint density at radius 3 is 2.44 bits per heavy atom. The van der Waals surface area contributed by atoms with Gasteiger partial charge in [0, 0.05) is 31.9 Å². The van der Waals surface area contributed by atoms with E-state index < -0.39 is 17.5 Å². The molecule has 0 saturated carbocycles. The molecule has 0 radical (unpaired) electrons. The molecule has 178 valence electrons. The molecule has 3 aliphatic heterocycles. The number of carbonyl (C=O) groups is 3. The summed E-state index contributed by atoms with van der Waals surface area (Å²) >= 11 is 0. The van der Waals surface area contributed by atoms with Gasteiger partial charge in [-0.3, -0.25) is 14.5 Å². The maximum absolute atomic E-state index is 13.2. The Kier molecular flexibility index (Phi) is 5.43.